The van der Waals surface area contributed by atoms with Crippen LogP contribution in [-0.4, -0.2) is 12.0 Å². The van der Waals surface area contributed by atoms with Gasteiger partial charge in [0.1, 0.15) is 0 Å². The van der Waals surface area contributed by atoms with Gasteiger partial charge in [-0.2, -0.15) is 22.7 Å². The highest BCUT2D eigenvalue weighted by Crippen LogP contribution is 2.49. The summed E-state index contributed by atoms with van der Waals surface area (Å²) in [5, 5.41) is 10.1. The first kappa shape index (κ1) is 7.78. The van der Waals surface area contributed by atoms with E-state index in [1.54, 1.807) is 0 Å². The lowest BCUT2D eigenvalue weighted by Gasteiger charge is -2.18. The Hall–Kier alpha value is -0.320. The molecule has 0 aliphatic heterocycles. The molecule has 1 atom stereocenters. The molecule has 1 nitrogen and oxygen atoms in total. The van der Waals surface area contributed by atoms with Crippen molar-refractivity contribution in [1.82, 2.24) is 0 Å². The zero-order chi connectivity index (χ0) is 7.99. The van der Waals surface area contributed by atoms with Crippen molar-refractivity contribution >= 4 is 0 Å². The van der Waals surface area contributed by atoms with Gasteiger partial charge in [0.2, 0.25) is 0 Å². The normalized spacial score (nSPS) is 26.1. The molecule has 0 N–H and O–H groups in total. The molecular weight excluding hydrogens is 152 g/mol. The Morgan fingerprint density at radius 1 is 1.10 bits per heavy atom. The summed E-state index contributed by atoms with van der Waals surface area (Å²) in [6.45, 7) is 0. The molecule has 1 aliphatic carbocycles. The largest absolute Gasteiger partial charge is 0.451 e. The summed E-state index contributed by atoms with van der Waals surface area (Å²) in [5.74, 6) is -5.54. The van der Waals surface area contributed by atoms with Gasteiger partial charge in [0.25, 0.3) is 0 Å². The molecule has 0 heterocycles. The summed E-state index contributed by atoms with van der Waals surface area (Å²) in [6, 6.07) is 0. The van der Waals surface area contributed by atoms with Crippen molar-refractivity contribution < 1.29 is 22.7 Å². The van der Waals surface area contributed by atoms with Crippen molar-refractivity contribution in [2.45, 2.75) is 24.9 Å². The van der Waals surface area contributed by atoms with Gasteiger partial charge in [-0.3, -0.25) is 0 Å². The van der Waals surface area contributed by atoms with Crippen molar-refractivity contribution in [2.75, 3.05) is 0 Å². The minimum atomic E-state index is -5.24. The third kappa shape index (κ3) is 1.10. The maximum absolute atomic E-state index is 12.1. The zero-order valence-electron chi connectivity index (χ0n) is 4.91. The molecule has 1 fully saturated rings. The fourth-order valence-electron chi connectivity index (χ4n) is 0.686. The number of alkyl halides is 4. The fourth-order valence-corrected chi connectivity index (χ4v) is 0.686. The molecule has 0 bridgehead atoms. The standard InChI is InChI=1S/C5H5F4O/c6-4(10,3-1-2-3)5(7,8)9/h3H,1-2H2. The Morgan fingerprint density at radius 2 is 1.50 bits per heavy atom. The minimum absolute atomic E-state index is 0.0551. The highest BCUT2D eigenvalue weighted by atomic mass is 19.4. The van der Waals surface area contributed by atoms with Crippen molar-refractivity contribution in [2.24, 2.45) is 5.92 Å². The van der Waals surface area contributed by atoms with Crippen LogP contribution in [0.4, 0.5) is 17.6 Å². The summed E-state index contributed by atoms with van der Waals surface area (Å²) in [6.07, 6.45) is -5.13. The summed E-state index contributed by atoms with van der Waals surface area (Å²) in [7, 11) is 0. The van der Waals surface area contributed by atoms with Crippen LogP contribution >= 0.6 is 0 Å². The molecule has 0 saturated heterocycles. The SMILES string of the molecule is [O]C(F)(C1CC1)C(F)(F)F. The molecule has 59 valence electrons. The summed E-state index contributed by atoms with van der Waals surface area (Å²) >= 11 is 0. The van der Waals surface area contributed by atoms with E-state index >= 15 is 0 Å². The topological polar surface area (TPSA) is 19.9 Å². The average molecular weight is 157 g/mol. The van der Waals surface area contributed by atoms with Gasteiger partial charge in [0.15, 0.2) is 0 Å². The predicted octanol–water partition coefficient (Wildman–Crippen LogP) is 2.05. The number of rotatable bonds is 1. The Bertz CT molecular complexity index is 135. The van der Waals surface area contributed by atoms with Crippen LogP contribution in [0.25, 0.3) is 0 Å². The van der Waals surface area contributed by atoms with Gasteiger partial charge in [-0.15, -0.1) is 0 Å². The first-order chi connectivity index (χ1) is 4.36. The molecule has 10 heavy (non-hydrogen) atoms. The van der Waals surface area contributed by atoms with E-state index < -0.39 is 17.9 Å². The first-order valence-electron chi connectivity index (χ1n) is 2.82. The summed E-state index contributed by atoms with van der Waals surface area (Å²) in [4.78, 5) is 0. The molecule has 5 heteroatoms. The second kappa shape index (κ2) is 1.84. The van der Waals surface area contributed by atoms with E-state index in [0.29, 0.717) is 0 Å². The first-order valence-corrected chi connectivity index (χ1v) is 2.82. The van der Waals surface area contributed by atoms with E-state index in [1.165, 1.54) is 0 Å². The Balaban J connectivity index is 2.66. The van der Waals surface area contributed by atoms with Gasteiger partial charge in [-0.05, 0) is 12.8 Å². The van der Waals surface area contributed by atoms with Crippen LogP contribution in [0.1, 0.15) is 12.8 Å². The monoisotopic (exact) mass is 157 g/mol. The molecule has 1 unspecified atom stereocenters. The molecule has 0 spiro atoms. The van der Waals surface area contributed by atoms with Crippen LogP contribution in [0, 0.1) is 5.92 Å². The van der Waals surface area contributed by atoms with Gasteiger partial charge >= 0.3 is 12.0 Å². The molecule has 0 aromatic carbocycles. The molecule has 0 amide bonds. The van der Waals surface area contributed by atoms with Crippen molar-refractivity contribution in [1.29, 1.82) is 0 Å². The smallest absolute Gasteiger partial charge is 0.199 e. The zero-order valence-corrected chi connectivity index (χ0v) is 4.91. The van der Waals surface area contributed by atoms with E-state index in [9.17, 15) is 22.7 Å². The third-order valence-electron chi connectivity index (χ3n) is 1.49. The van der Waals surface area contributed by atoms with E-state index in [0.717, 1.165) is 0 Å². The van der Waals surface area contributed by atoms with Gasteiger partial charge in [0, 0.05) is 5.92 Å². The second-order valence-corrected chi connectivity index (χ2v) is 2.42. The molecule has 1 radical (unpaired) electrons. The van der Waals surface area contributed by atoms with Crippen molar-refractivity contribution in [3.05, 3.63) is 0 Å². The summed E-state index contributed by atoms with van der Waals surface area (Å²) < 4.78 is 46.4. The summed E-state index contributed by atoms with van der Waals surface area (Å²) in [5.41, 5.74) is 0. The maximum atomic E-state index is 12.1. The minimum Gasteiger partial charge on any atom is -0.199 e. The van der Waals surface area contributed by atoms with Gasteiger partial charge in [0.05, 0.1) is 0 Å². The number of hydrogen-bond acceptors (Lipinski definition) is 0. The predicted molar refractivity (Wildman–Crippen MR) is 23.3 cm³/mol. The lowest BCUT2D eigenvalue weighted by molar-refractivity contribution is -0.347. The van der Waals surface area contributed by atoms with Gasteiger partial charge in [-0.1, -0.05) is 0 Å². The number of halogens is 4. The Morgan fingerprint density at radius 3 is 1.60 bits per heavy atom. The Kier molecular flexibility index (Phi) is 1.43. The lowest BCUT2D eigenvalue weighted by Crippen LogP contribution is -2.41. The lowest BCUT2D eigenvalue weighted by atomic mass is 10.2. The molecule has 1 aliphatic rings. The molecule has 1 saturated carbocycles. The van der Waals surface area contributed by atoms with Crippen LogP contribution in [0.15, 0.2) is 0 Å². The van der Waals surface area contributed by atoms with Gasteiger partial charge in [-0.25, -0.2) is 0 Å². The Labute approximate surface area is 54.6 Å². The van der Waals surface area contributed by atoms with E-state index in [-0.39, 0.29) is 12.8 Å². The van der Waals surface area contributed by atoms with E-state index in [2.05, 4.69) is 0 Å². The quantitative estimate of drug-likeness (QED) is 0.519. The van der Waals surface area contributed by atoms with Crippen molar-refractivity contribution in [3.63, 3.8) is 0 Å². The molecular formula is C5H5F4O. The number of hydrogen-bond donors (Lipinski definition) is 0. The molecule has 1 rings (SSSR count). The van der Waals surface area contributed by atoms with Crippen LogP contribution < -0.4 is 0 Å². The fraction of sp³-hybridized carbons (Fsp3) is 1.00. The van der Waals surface area contributed by atoms with Crippen LogP contribution in [0.5, 0.6) is 0 Å². The van der Waals surface area contributed by atoms with E-state index in [4.69, 9.17) is 0 Å². The highest BCUT2D eigenvalue weighted by molar-refractivity contribution is 4.91. The van der Waals surface area contributed by atoms with E-state index in [1.807, 2.05) is 0 Å². The average Bonchev–Trinajstić information content (AvgIpc) is 2.38. The molecule has 0 aromatic heterocycles. The van der Waals surface area contributed by atoms with Crippen molar-refractivity contribution in [3.8, 4) is 0 Å². The highest BCUT2D eigenvalue weighted by Gasteiger charge is 2.64. The molecule has 0 aromatic rings. The van der Waals surface area contributed by atoms with Gasteiger partial charge < -0.3 is 0 Å². The maximum Gasteiger partial charge on any atom is 0.451 e. The van der Waals surface area contributed by atoms with Crippen LogP contribution in [0.2, 0.25) is 0 Å². The van der Waals surface area contributed by atoms with Crippen LogP contribution in [0.3, 0.4) is 0 Å². The second-order valence-electron chi connectivity index (χ2n) is 2.42. The van der Waals surface area contributed by atoms with Crippen LogP contribution in [-0.2, 0) is 5.11 Å². The third-order valence-corrected chi connectivity index (χ3v) is 1.49.